The van der Waals surface area contributed by atoms with E-state index in [9.17, 15) is 4.79 Å². The van der Waals surface area contributed by atoms with Crippen LogP contribution in [0.4, 0.5) is 0 Å². The lowest BCUT2D eigenvalue weighted by atomic mass is 10.3. The molecule has 0 aromatic carbocycles. The van der Waals surface area contributed by atoms with Crippen molar-refractivity contribution in [1.29, 1.82) is 0 Å². The molecule has 1 amide bonds. The predicted octanol–water partition coefficient (Wildman–Crippen LogP) is 1.73. The third-order valence-electron chi connectivity index (χ3n) is 3.11. The van der Waals surface area contributed by atoms with Crippen LogP contribution in [0.2, 0.25) is 0 Å². The van der Waals surface area contributed by atoms with Gasteiger partial charge in [-0.25, -0.2) is 0 Å². The molecule has 0 spiro atoms. The van der Waals surface area contributed by atoms with Crippen LogP contribution in [-0.4, -0.2) is 48.9 Å². The molecule has 0 radical (unpaired) electrons. The van der Waals surface area contributed by atoms with Crippen LogP contribution in [0.5, 0.6) is 0 Å². The van der Waals surface area contributed by atoms with Crippen molar-refractivity contribution in [2.45, 2.75) is 39.0 Å². The lowest BCUT2D eigenvalue weighted by Gasteiger charge is -2.19. The Morgan fingerprint density at radius 1 is 1.33 bits per heavy atom. The van der Waals surface area contributed by atoms with Gasteiger partial charge < -0.3 is 9.80 Å². The van der Waals surface area contributed by atoms with Crippen LogP contribution in [0.1, 0.15) is 39.0 Å². The molecule has 0 N–H and O–H groups in total. The van der Waals surface area contributed by atoms with Crippen molar-refractivity contribution in [3.8, 4) is 0 Å². The van der Waals surface area contributed by atoms with E-state index in [1.54, 1.807) is 0 Å². The highest BCUT2D eigenvalue weighted by atomic mass is 16.2. The van der Waals surface area contributed by atoms with Crippen molar-refractivity contribution in [2.75, 3.05) is 33.2 Å². The maximum absolute atomic E-state index is 11.7. The molecule has 0 unspecified atom stereocenters. The first-order valence-corrected chi connectivity index (χ1v) is 6.20. The molecule has 1 aliphatic heterocycles. The number of nitrogens with zero attached hydrogens (tertiary/aromatic N) is 2. The first-order valence-electron chi connectivity index (χ1n) is 6.20. The lowest BCUT2D eigenvalue weighted by molar-refractivity contribution is -0.130. The van der Waals surface area contributed by atoms with E-state index in [1.807, 2.05) is 11.9 Å². The SMILES string of the molecule is CCCCN(C)C(=O)CCN1CCCC1. The molecule has 88 valence electrons. The molecule has 0 aromatic rings. The average molecular weight is 212 g/mol. The Labute approximate surface area is 93.4 Å². The van der Waals surface area contributed by atoms with Crippen LogP contribution in [0.3, 0.4) is 0 Å². The first kappa shape index (κ1) is 12.5. The summed E-state index contributed by atoms with van der Waals surface area (Å²) in [4.78, 5) is 16.0. The van der Waals surface area contributed by atoms with E-state index >= 15 is 0 Å². The summed E-state index contributed by atoms with van der Waals surface area (Å²) in [5, 5.41) is 0. The molecule has 1 aliphatic rings. The molecule has 1 saturated heterocycles. The summed E-state index contributed by atoms with van der Waals surface area (Å²) >= 11 is 0. The van der Waals surface area contributed by atoms with E-state index in [-0.39, 0.29) is 0 Å². The summed E-state index contributed by atoms with van der Waals surface area (Å²) in [6, 6.07) is 0. The molecule has 1 heterocycles. The number of carbonyl (C=O) groups is 1. The molecule has 1 fully saturated rings. The van der Waals surface area contributed by atoms with Gasteiger partial charge in [-0.3, -0.25) is 4.79 Å². The molecular formula is C12H24N2O. The molecule has 0 saturated carbocycles. The topological polar surface area (TPSA) is 23.6 Å². The maximum atomic E-state index is 11.7. The monoisotopic (exact) mass is 212 g/mol. The first-order chi connectivity index (χ1) is 7.24. The van der Waals surface area contributed by atoms with Gasteiger partial charge >= 0.3 is 0 Å². The number of unbranched alkanes of at least 4 members (excludes halogenated alkanes) is 1. The van der Waals surface area contributed by atoms with Gasteiger partial charge in [0.2, 0.25) is 5.91 Å². The number of carbonyl (C=O) groups excluding carboxylic acids is 1. The summed E-state index contributed by atoms with van der Waals surface area (Å²) in [7, 11) is 1.92. The van der Waals surface area contributed by atoms with E-state index in [4.69, 9.17) is 0 Å². The van der Waals surface area contributed by atoms with E-state index in [2.05, 4.69) is 11.8 Å². The second-order valence-corrected chi connectivity index (χ2v) is 4.47. The van der Waals surface area contributed by atoms with E-state index in [0.29, 0.717) is 12.3 Å². The number of rotatable bonds is 6. The highest BCUT2D eigenvalue weighted by Gasteiger charge is 2.14. The molecule has 0 aromatic heterocycles. The molecular weight excluding hydrogens is 188 g/mol. The van der Waals surface area contributed by atoms with Crippen molar-refractivity contribution in [1.82, 2.24) is 9.80 Å². The summed E-state index contributed by atoms with van der Waals surface area (Å²) in [6.07, 6.45) is 5.58. The van der Waals surface area contributed by atoms with E-state index in [1.165, 1.54) is 25.9 Å². The van der Waals surface area contributed by atoms with Gasteiger partial charge in [0.15, 0.2) is 0 Å². The Balaban J connectivity index is 2.11. The van der Waals surface area contributed by atoms with Crippen LogP contribution < -0.4 is 0 Å². The third kappa shape index (κ3) is 4.65. The van der Waals surface area contributed by atoms with Crippen molar-refractivity contribution in [2.24, 2.45) is 0 Å². The van der Waals surface area contributed by atoms with E-state index in [0.717, 1.165) is 25.9 Å². The Morgan fingerprint density at radius 3 is 2.60 bits per heavy atom. The van der Waals surface area contributed by atoms with Crippen molar-refractivity contribution in [3.63, 3.8) is 0 Å². The smallest absolute Gasteiger partial charge is 0.223 e. The van der Waals surface area contributed by atoms with Gasteiger partial charge in [0, 0.05) is 26.6 Å². The van der Waals surface area contributed by atoms with Gasteiger partial charge in [0.05, 0.1) is 0 Å². The van der Waals surface area contributed by atoms with Gasteiger partial charge in [-0.15, -0.1) is 0 Å². The molecule has 1 rings (SSSR count). The standard InChI is InChI=1S/C12H24N2O/c1-3-4-8-13(2)12(15)7-11-14-9-5-6-10-14/h3-11H2,1-2H3. The van der Waals surface area contributed by atoms with Crippen molar-refractivity contribution >= 4 is 5.91 Å². The van der Waals surface area contributed by atoms with Gasteiger partial charge in [-0.2, -0.15) is 0 Å². The minimum Gasteiger partial charge on any atom is -0.346 e. The largest absolute Gasteiger partial charge is 0.346 e. The Hall–Kier alpha value is -0.570. The second kappa shape index (κ2) is 6.83. The average Bonchev–Trinajstić information content (AvgIpc) is 2.75. The molecule has 15 heavy (non-hydrogen) atoms. The summed E-state index contributed by atoms with van der Waals surface area (Å²) < 4.78 is 0. The van der Waals surface area contributed by atoms with Crippen LogP contribution in [0, 0.1) is 0 Å². The highest BCUT2D eigenvalue weighted by Crippen LogP contribution is 2.08. The molecule has 3 nitrogen and oxygen atoms in total. The zero-order chi connectivity index (χ0) is 11.1. The van der Waals surface area contributed by atoms with Gasteiger partial charge in [-0.05, 0) is 32.4 Å². The molecule has 0 bridgehead atoms. The Kier molecular flexibility index (Phi) is 5.69. The molecule has 3 heteroatoms. The van der Waals surface area contributed by atoms with Crippen LogP contribution in [0.25, 0.3) is 0 Å². The van der Waals surface area contributed by atoms with Gasteiger partial charge in [0.1, 0.15) is 0 Å². The fourth-order valence-electron chi connectivity index (χ4n) is 1.97. The summed E-state index contributed by atoms with van der Waals surface area (Å²) in [6.45, 7) is 6.39. The fourth-order valence-corrected chi connectivity index (χ4v) is 1.97. The minimum atomic E-state index is 0.301. The normalized spacial score (nSPS) is 16.9. The number of hydrogen-bond donors (Lipinski definition) is 0. The second-order valence-electron chi connectivity index (χ2n) is 4.47. The van der Waals surface area contributed by atoms with Crippen LogP contribution >= 0.6 is 0 Å². The lowest BCUT2D eigenvalue weighted by Crippen LogP contribution is -2.31. The Bertz CT molecular complexity index is 188. The van der Waals surface area contributed by atoms with Crippen LogP contribution in [0.15, 0.2) is 0 Å². The predicted molar refractivity (Wildman–Crippen MR) is 62.8 cm³/mol. The van der Waals surface area contributed by atoms with Gasteiger partial charge in [-0.1, -0.05) is 13.3 Å². The summed E-state index contributed by atoms with van der Waals surface area (Å²) in [5.41, 5.74) is 0. The number of hydrogen-bond acceptors (Lipinski definition) is 2. The zero-order valence-electron chi connectivity index (χ0n) is 10.2. The maximum Gasteiger partial charge on any atom is 0.223 e. The van der Waals surface area contributed by atoms with Crippen molar-refractivity contribution in [3.05, 3.63) is 0 Å². The molecule has 0 atom stereocenters. The van der Waals surface area contributed by atoms with E-state index < -0.39 is 0 Å². The van der Waals surface area contributed by atoms with Gasteiger partial charge in [0.25, 0.3) is 0 Å². The third-order valence-corrected chi connectivity index (χ3v) is 3.11. The quantitative estimate of drug-likeness (QED) is 0.669. The number of amides is 1. The minimum absolute atomic E-state index is 0.301. The fraction of sp³-hybridized carbons (Fsp3) is 0.917. The zero-order valence-corrected chi connectivity index (χ0v) is 10.2. The Morgan fingerprint density at radius 2 is 2.00 bits per heavy atom. The van der Waals surface area contributed by atoms with Crippen molar-refractivity contribution < 1.29 is 4.79 Å². The highest BCUT2D eigenvalue weighted by molar-refractivity contribution is 5.76. The molecule has 0 aliphatic carbocycles. The van der Waals surface area contributed by atoms with Crippen LogP contribution in [-0.2, 0) is 4.79 Å². The summed E-state index contributed by atoms with van der Waals surface area (Å²) in [5.74, 6) is 0.301. The number of likely N-dealkylation sites (tertiary alicyclic amines) is 1.